The highest BCUT2D eigenvalue weighted by molar-refractivity contribution is 5.57. The first-order valence-corrected chi connectivity index (χ1v) is 8.70. The minimum absolute atomic E-state index is 0.199. The van der Waals surface area contributed by atoms with Crippen LogP contribution in [0.25, 0.3) is 11.4 Å². The van der Waals surface area contributed by atoms with E-state index in [9.17, 15) is 13.2 Å². The lowest BCUT2D eigenvalue weighted by molar-refractivity contribution is -0.150. The van der Waals surface area contributed by atoms with Gasteiger partial charge in [0.2, 0.25) is 0 Å². The van der Waals surface area contributed by atoms with Gasteiger partial charge in [0.1, 0.15) is 5.82 Å². The Labute approximate surface area is 150 Å². The molecule has 8 heteroatoms. The van der Waals surface area contributed by atoms with Crippen LogP contribution in [-0.2, 0) is 6.42 Å². The molecule has 0 N–H and O–H groups in total. The van der Waals surface area contributed by atoms with Gasteiger partial charge in [0.05, 0.1) is 6.54 Å². The molecule has 0 bridgehead atoms. The molecule has 0 aliphatic carbocycles. The standard InChI is InChI=1S/C18H22F3N5/c1-3-15-10-16(24-17(23-15)14-4-6-22-7-5-14)25-8-9-26(13(2)11-25)12-18(19,20)21/h4-7,10,13H,3,8-9,11-12H2,1-2H3. The van der Waals surface area contributed by atoms with E-state index in [1.165, 1.54) is 4.90 Å². The van der Waals surface area contributed by atoms with Crippen molar-refractivity contribution >= 4 is 5.82 Å². The van der Waals surface area contributed by atoms with Crippen molar-refractivity contribution in [3.05, 3.63) is 36.3 Å². The Balaban J connectivity index is 1.81. The summed E-state index contributed by atoms with van der Waals surface area (Å²) in [5.41, 5.74) is 1.78. The van der Waals surface area contributed by atoms with Crippen molar-refractivity contribution < 1.29 is 13.2 Å². The summed E-state index contributed by atoms with van der Waals surface area (Å²) in [5, 5.41) is 0. The number of alkyl halides is 3. The maximum Gasteiger partial charge on any atom is 0.401 e. The molecule has 0 aromatic carbocycles. The van der Waals surface area contributed by atoms with Crippen molar-refractivity contribution in [2.45, 2.75) is 32.5 Å². The largest absolute Gasteiger partial charge is 0.401 e. The summed E-state index contributed by atoms with van der Waals surface area (Å²) in [6, 6.07) is 5.43. The second kappa shape index (κ2) is 7.57. The normalized spacial score (nSPS) is 19.0. The molecule has 2 aromatic heterocycles. The molecule has 140 valence electrons. The monoisotopic (exact) mass is 365 g/mol. The molecule has 1 aliphatic heterocycles. The third-order valence-electron chi connectivity index (χ3n) is 4.54. The number of pyridine rings is 1. The van der Waals surface area contributed by atoms with E-state index >= 15 is 0 Å². The average Bonchev–Trinajstić information content (AvgIpc) is 2.62. The fraction of sp³-hybridized carbons (Fsp3) is 0.500. The number of aromatic nitrogens is 3. The van der Waals surface area contributed by atoms with Crippen LogP contribution in [0.2, 0.25) is 0 Å². The van der Waals surface area contributed by atoms with Crippen molar-refractivity contribution in [3.63, 3.8) is 0 Å². The van der Waals surface area contributed by atoms with Crippen molar-refractivity contribution in [1.82, 2.24) is 19.9 Å². The number of hydrogen-bond donors (Lipinski definition) is 0. The molecule has 5 nitrogen and oxygen atoms in total. The minimum atomic E-state index is -4.17. The molecule has 0 amide bonds. The van der Waals surface area contributed by atoms with E-state index in [2.05, 4.69) is 15.0 Å². The summed E-state index contributed by atoms with van der Waals surface area (Å²) < 4.78 is 38.1. The van der Waals surface area contributed by atoms with E-state index in [0.29, 0.717) is 25.5 Å². The molecular formula is C18H22F3N5. The van der Waals surface area contributed by atoms with E-state index in [-0.39, 0.29) is 6.04 Å². The summed E-state index contributed by atoms with van der Waals surface area (Å²) in [6.45, 7) is 4.35. The zero-order chi connectivity index (χ0) is 18.7. The van der Waals surface area contributed by atoms with Crippen LogP contribution in [0, 0.1) is 0 Å². The summed E-state index contributed by atoms with van der Waals surface area (Å²) in [4.78, 5) is 16.8. The Morgan fingerprint density at radius 1 is 1.15 bits per heavy atom. The van der Waals surface area contributed by atoms with Gasteiger partial charge < -0.3 is 4.90 Å². The van der Waals surface area contributed by atoms with Gasteiger partial charge in [0, 0.05) is 55.4 Å². The molecule has 3 rings (SSSR count). The molecule has 0 spiro atoms. The Morgan fingerprint density at radius 2 is 1.88 bits per heavy atom. The van der Waals surface area contributed by atoms with Gasteiger partial charge in [-0.1, -0.05) is 6.92 Å². The van der Waals surface area contributed by atoms with Gasteiger partial charge in [-0.15, -0.1) is 0 Å². The fourth-order valence-electron chi connectivity index (χ4n) is 3.12. The number of halogens is 3. The summed E-state index contributed by atoms with van der Waals surface area (Å²) >= 11 is 0. The highest BCUT2D eigenvalue weighted by Gasteiger charge is 2.35. The molecule has 1 aliphatic rings. The van der Waals surface area contributed by atoms with E-state index in [1.54, 1.807) is 12.4 Å². The van der Waals surface area contributed by atoms with Gasteiger partial charge in [-0.05, 0) is 25.5 Å². The summed E-state index contributed by atoms with van der Waals surface area (Å²) in [7, 11) is 0. The van der Waals surface area contributed by atoms with Crippen molar-refractivity contribution in [2.24, 2.45) is 0 Å². The zero-order valence-electron chi connectivity index (χ0n) is 14.9. The van der Waals surface area contributed by atoms with E-state index < -0.39 is 12.7 Å². The van der Waals surface area contributed by atoms with Gasteiger partial charge >= 0.3 is 6.18 Å². The Hall–Kier alpha value is -2.22. The highest BCUT2D eigenvalue weighted by Crippen LogP contribution is 2.24. The van der Waals surface area contributed by atoms with Crippen LogP contribution in [-0.4, -0.2) is 58.2 Å². The van der Waals surface area contributed by atoms with Gasteiger partial charge in [-0.2, -0.15) is 13.2 Å². The van der Waals surface area contributed by atoms with Gasteiger partial charge in [-0.3, -0.25) is 9.88 Å². The molecule has 1 unspecified atom stereocenters. The maximum absolute atomic E-state index is 12.7. The number of hydrogen-bond acceptors (Lipinski definition) is 5. The van der Waals surface area contributed by atoms with Crippen LogP contribution >= 0.6 is 0 Å². The summed E-state index contributed by atoms with van der Waals surface area (Å²) in [6.07, 6.45) is -0.0314. The second-order valence-corrected chi connectivity index (χ2v) is 6.51. The lowest BCUT2D eigenvalue weighted by Gasteiger charge is -2.40. The minimum Gasteiger partial charge on any atom is -0.354 e. The van der Waals surface area contributed by atoms with Crippen LogP contribution in [0.4, 0.5) is 19.0 Å². The van der Waals surface area contributed by atoms with Crippen molar-refractivity contribution in [3.8, 4) is 11.4 Å². The predicted octanol–water partition coefficient (Wildman–Crippen LogP) is 3.17. The predicted molar refractivity (Wildman–Crippen MR) is 93.9 cm³/mol. The van der Waals surface area contributed by atoms with E-state index in [4.69, 9.17) is 0 Å². The molecular weight excluding hydrogens is 343 g/mol. The van der Waals surface area contributed by atoms with E-state index in [1.807, 2.05) is 36.9 Å². The Bertz CT molecular complexity index is 735. The zero-order valence-corrected chi connectivity index (χ0v) is 14.9. The van der Waals surface area contributed by atoms with Crippen LogP contribution in [0.5, 0.6) is 0 Å². The van der Waals surface area contributed by atoms with Gasteiger partial charge in [0.25, 0.3) is 0 Å². The van der Waals surface area contributed by atoms with Crippen LogP contribution in [0.1, 0.15) is 19.5 Å². The smallest absolute Gasteiger partial charge is 0.354 e. The maximum atomic E-state index is 12.7. The fourth-order valence-corrected chi connectivity index (χ4v) is 3.12. The van der Waals surface area contributed by atoms with Gasteiger partial charge in [0.15, 0.2) is 5.82 Å². The molecule has 1 atom stereocenters. The number of rotatable bonds is 4. The third kappa shape index (κ3) is 4.49. The number of piperazine rings is 1. The lowest BCUT2D eigenvalue weighted by atomic mass is 10.1. The average molecular weight is 365 g/mol. The van der Waals surface area contributed by atoms with Gasteiger partial charge in [-0.25, -0.2) is 9.97 Å². The van der Waals surface area contributed by atoms with Crippen molar-refractivity contribution in [1.29, 1.82) is 0 Å². The quantitative estimate of drug-likeness (QED) is 0.833. The molecule has 26 heavy (non-hydrogen) atoms. The number of anilines is 1. The molecule has 3 heterocycles. The first-order chi connectivity index (χ1) is 12.4. The van der Waals surface area contributed by atoms with Crippen LogP contribution in [0.15, 0.2) is 30.6 Å². The Kier molecular flexibility index (Phi) is 5.41. The van der Waals surface area contributed by atoms with Crippen molar-refractivity contribution in [2.75, 3.05) is 31.1 Å². The molecule has 2 aromatic rings. The highest BCUT2D eigenvalue weighted by atomic mass is 19.4. The SMILES string of the molecule is CCc1cc(N2CCN(CC(F)(F)F)C(C)C2)nc(-c2ccncc2)n1. The first kappa shape index (κ1) is 18.6. The third-order valence-corrected chi connectivity index (χ3v) is 4.54. The Morgan fingerprint density at radius 3 is 2.50 bits per heavy atom. The molecule has 1 fully saturated rings. The molecule has 0 saturated carbocycles. The number of aryl methyl sites for hydroxylation is 1. The molecule has 0 radical (unpaired) electrons. The van der Waals surface area contributed by atoms with Crippen LogP contribution < -0.4 is 4.90 Å². The first-order valence-electron chi connectivity index (χ1n) is 8.70. The second-order valence-electron chi connectivity index (χ2n) is 6.51. The van der Waals surface area contributed by atoms with Crippen LogP contribution in [0.3, 0.4) is 0 Å². The summed E-state index contributed by atoms with van der Waals surface area (Å²) in [5.74, 6) is 1.38. The molecule has 1 saturated heterocycles. The topological polar surface area (TPSA) is 45.2 Å². The lowest BCUT2D eigenvalue weighted by Crippen LogP contribution is -2.54. The number of nitrogens with zero attached hydrogens (tertiary/aromatic N) is 5. The van der Waals surface area contributed by atoms with E-state index in [0.717, 1.165) is 23.5 Å².